The van der Waals surface area contributed by atoms with Gasteiger partial charge in [0.25, 0.3) is 0 Å². The molecule has 2 nitrogen and oxygen atoms in total. The van der Waals surface area contributed by atoms with Crippen LogP contribution in [0.15, 0.2) is 40.2 Å². The van der Waals surface area contributed by atoms with Crippen molar-refractivity contribution >= 4 is 27.3 Å². The highest BCUT2D eigenvalue weighted by atomic mass is 79.9. The predicted octanol–water partition coefficient (Wildman–Crippen LogP) is 3.90. The molecule has 0 saturated heterocycles. The van der Waals surface area contributed by atoms with Crippen LogP contribution in [0.3, 0.4) is 0 Å². The van der Waals surface area contributed by atoms with Gasteiger partial charge in [0.1, 0.15) is 11.9 Å². The van der Waals surface area contributed by atoms with Crippen molar-refractivity contribution in [2.24, 2.45) is 5.73 Å². The molecule has 2 N–H and O–H groups in total. The molecule has 4 heteroatoms. The molecule has 0 aliphatic heterocycles. The van der Waals surface area contributed by atoms with Crippen LogP contribution in [-0.2, 0) is 0 Å². The number of rotatable bonds is 4. The van der Waals surface area contributed by atoms with Crippen molar-refractivity contribution in [1.29, 1.82) is 0 Å². The van der Waals surface area contributed by atoms with Gasteiger partial charge >= 0.3 is 0 Å². The van der Waals surface area contributed by atoms with Crippen molar-refractivity contribution in [3.05, 3.63) is 50.6 Å². The minimum atomic E-state index is -0.0765. The molecule has 2 aromatic rings. The second-order valence-corrected chi connectivity index (χ2v) is 5.63. The monoisotopic (exact) mass is 311 g/mol. The lowest BCUT2D eigenvalue weighted by molar-refractivity contribution is 0.216. The van der Waals surface area contributed by atoms with Crippen LogP contribution in [0.4, 0.5) is 0 Å². The summed E-state index contributed by atoms with van der Waals surface area (Å²) in [6, 6.07) is 10.0. The van der Waals surface area contributed by atoms with E-state index in [4.69, 9.17) is 10.5 Å². The van der Waals surface area contributed by atoms with Crippen LogP contribution in [0.25, 0.3) is 0 Å². The highest BCUT2D eigenvalue weighted by Gasteiger charge is 2.14. The van der Waals surface area contributed by atoms with E-state index in [1.54, 1.807) is 11.3 Å². The lowest BCUT2D eigenvalue weighted by Gasteiger charge is -2.17. The zero-order chi connectivity index (χ0) is 12.3. The Balaban J connectivity index is 2.18. The first-order valence-electron chi connectivity index (χ1n) is 5.37. The largest absolute Gasteiger partial charge is 0.483 e. The first kappa shape index (κ1) is 12.6. The highest BCUT2D eigenvalue weighted by molar-refractivity contribution is 9.10. The SMILES string of the molecule is Cc1ccccc1OC(CN)c1cc(Br)cs1. The second kappa shape index (κ2) is 5.67. The van der Waals surface area contributed by atoms with E-state index in [0.29, 0.717) is 6.54 Å². The van der Waals surface area contributed by atoms with Crippen molar-refractivity contribution in [3.8, 4) is 5.75 Å². The Hall–Kier alpha value is -0.840. The molecule has 1 heterocycles. The Morgan fingerprint density at radius 3 is 2.76 bits per heavy atom. The minimum absolute atomic E-state index is 0.0765. The van der Waals surface area contributed by atoms with Crippen molar-refractivity contribution in [1.82, 2.24) is 0 Å². The second-order valence-electron chi connectivity index (χ2n) is 3.77. The fraction of sp³-hybridized carbons (Fsp3) is 0.231. The first-order valence-corrected chi connectivity index (χ1v) is 7.04. The summed E-state index contributed by atoms with van der Waals surface area (Å²) in [5.41, 5.74) is 6.90. The van der Waals surface area contributed by atoms with Gasteiger partial charge in [0.15, 0.2) is 0 Å². The number of benzene rings is 1. The molecular weight excluding hydrogens is 298 g/mol. The normalized spacial score (nSPS) is 12.4. The maximum absolute atomic E-state index is 5.96. The van der Waals surface area contributed by atoms with Gasteiger partial charge in [0, 0.05) is 21.3 Å². The summed E-state index contributed by atoms with van der Waals surface area (Å²) in [7, 11) is 0. The average Bonchev–Trinajstić information content (AvgIpc) is 2.75. The molecule has 2 rings (SSSR count). The fourth-order valence-corrected chi connectivity index (χ4v) is 3.05. The molecule has 1 atom stereocenters. The number of para-hydroxylation sites is 1. The van der Waals surface area contributed by atoms with E-state index in [1.807, 2.05) is 36.6 Å². The molecule has 0 aliphatic carbocycles. The van der Waals surface area contributed by atoms with E-state index >= 15 is 0 Å². The summed E-state index contributed by atoms with van der Waals surface area (Å²) in [5, 5.41) is 2.04. The Morgan fingerprint density at radius 2 is 2.18 bits per heavy atom. The number of aryl methyl sites for hydroxylation is 1. The minimum Gasteiger partial charge on any atom is -0.483 e. The van der Waals surface area contributed by atoms with Crippen LogP contribution in [0, 0.1) is 6.92 Å². The summed E-state index contributed by atoms with van der Waals surface area (Å²) in [5.74, 6) is 0.896. The zero-order valence-electron chi connectivity index (χ0n) is 9.52. The summed E-state index contributed by atoms with van der Waals surface area (Å²) < 4.78 is 7.03. The van der Waals surface area contributed by atoms with Gasteiger partial charge in [-0.05, 0) is 40.5 Å². The molecule has 0 aliphatic rings. The summed E-state index contributed by atoms with van der Waals surface area (Å²) in [4.78, 5) is 1.14. The lowest BCUT2D eigenvalue weighted by atomic mass is 10.2. The first-order chi connectivity index (χ1) is 8.20. The number of hydrogen-bond donors (Lipinski definition) is 1. The van der Waals surface area contributed by atoms with Crippen molar-refractivity contribution in [2.75, 3.05) is 6.54 Å². The molecule has 90 valence electrons. The molecule has 1 aromatic carbocycles. The van der Waals surface area contributed by atoms with Gasteiger partial charge < -0.3 is 10.5 Å². The van der Waals surface area contributed by atoms with E-state index in [0.717, 1.165) is 20.7 Å². The van der Waals surface area contributed by atoms with Crippen LogP contribution in [0.5, 0.6) is 5.75 Å². The van der Waals surface area contributed by atoms with Crippen LogP contribution in [0.2, 0.25) is 0 Å². The van der Waals surface area contributed by atoms with Gasteiger partial charge in [-0.2, -0.15) is 0 Å². The molecular formula is C13H14BrNOS. The van der Waals surface area contributed by atoms with Crippen LogP contribution in [-0.4, -0.2) is 6.54 Å². The van der Waals surface area contributed by atoms with Gasteiger partial charge in [-0.15, -0.1) is 11.3 Å². The Kier molecular flexibility index (Phi) is 4.20. The number of hydrogen-bond acceptors (Lipinski definition) is 3. The Morgan fingerprint density at radius 1 is 1.41 bits per heavy atom. The van der Waals surface area contributed by atoms with E-state index in [-0.39, 0.29) is 6.10 Å². The third-order valence-corrected chi connectivity index (χ3v) is 4.27. The molecule has 0 saturated carbocycles. The molecule has 1 aromatic heterocycles. The average molecular weight is 312 g/mol. The van der Waals surface area contributed by atoms with Gasteiger partial charge in [-0.1, -0.05) is 18.2 Å². The number of ether oxygens (including phenoxy) is 1. The topological polar surface area (TPSA) is 35.2 Å². The quantitative estimate of drug-likeness (QED) is 0.929. The molecule has 0 bridgehead atoms. The van der Waals surface area contributed by atoms with E-state index in [2.05, 4.69) is 22.0 Å². The maximum Gasteiger partial charge on any atom is 0.145 e. The van der Waals surface area contributed by atoms with E-state index in [1.165, 1.54) is 0 Å². The van der Waals surface area contributed by atoms with Gasteiger partial charge in [0.2, 0.25) is 0 Å². The summed E-state index contributed by atoms with van der Waals surface area (Å²) in [6.07, 6.45) is -0.0765. The smallest absolute Gasteiger partial charge is 0.145 e. The van der Waals surface area contributed by atoms with Crippen LogP contribution in [0.1, 0.15) is 16.5 Å². The molecule has 17 heavy (non-hydrogen) atoms. The lowest BCUT2D eigenvalue weighted by Crippen LogP contribution is -2.17. The van der Waals surface area contributed by atoms with Gasteiger partial charge in [0.05, 0.1) is 0 Å². The number of thiophene rings is 1. The third-order valence-electron chi connectivity index (χ3n) is 2.48. The summed E-state index contributed by atoms with van der Waals surface area (Å²) in [6.45, 7) is 2.51. The Bertz CT molecular complexity index is 498. The van der Waals surface area contributed by atoms with Crippen LogP contribution >= 0.6 is 27.3 Å². The summed E-state index contributed by atoms with van der Waals surface area (Å²) >= 11 is 5.10. The molecule has 0 radical (unpaired) electrons. The fourth-order valence-electron chi connectivity index (χ4n) is 1.56. The van der Waals surface area contributed by atoms with Gasteiger partial charge in [-0.3, -0.25) is 0 Å². The van der Waals surface area contributed by atoms with Gasteiger partial charge in [-0.25, -0.2) is 0 Å². The molecule has 0 spiro atoms. The maximum atomic E-state index is 5.96. The zero-order valence-corrected chi connectivity index (χ0v) is 11.9. The Labute approximate surface area is 114 Å². The molecule has 1 unspecified atom stereocenters. The predicted molar refractivity (Wildman–Crippen MR) is 75.6 cm³/mol. The molecule has 0 amide bonds. The molecule has 0 fully saturated rings. The van der Waals surface area contributed by atoms with Crippen molar-refractivity contribution < 1.29 is 4.74 Å². The standard InChI is InChI=1S/C13H14BrNOS/c1-9-4-2-3-5-11(9)16-12(7-15)13-6-10(14)8-17-13/h2-6,8,12H,7,15H2,1H3. The number of halogens is 1. The van der Waals surface area contributed by atoms with Crippen molar-refractivity contribution in [2.45, 2.75) is 13.0 Å². The third kappa shape index (κ3) is 3.09. The van der Waals surface area contributed by atoms with Crippen LogP contribution < -0.4 is 10.5 Å². The van der Waals surface area contributed by atoms with E-state index < -0.39 is 0 Å². The van der Waals surface area contributed by atoms with Crippen molar-refractivity contribution in [3.63, 3.8) is 0 Å². The van der Waals surface area contributed by atoms with E-state index in [9.17, 15) is 0 Å². The number of nitrogens with two attached hydrogens (primary N) is 1. The highest BCUT2D eigenvalue weighted by Crippen LogP contribution is 2.29.